The molecule has 0 saturated carbocycles. The summed E-state index contributed by atoms with van der Waals surface area (Å²) in [6.45, 7) is 10.1. The molecule has 2 rings (SSSR count). The third-order valence-corrected chi connectivity index (χ3v) is 4.42. The second-order valence-corrected chi connectivity index (χ2v) is 8.97. The highest BCUT2D eigenvalue weighted by Crippen LogP contribution is 2.19. The molecule has 1 atom stereocenters. The Kier molecular flexibility index (Phi) is 9.07. The number of halogens is 2. The summed E-state index contributed by atoms with van der Waals surface area (Å²) in [6.07, 6.45) is 2.25. The zero-order chi connectivity index (χ0) is 22.1. The first-order valence-electron chi connectivity index (χ1n) is 9.83. The number of hydrogen-bond donors (Lipinski definition) is 0. The van der Waals surface area contributed by atoms with Crippen molar-refractivity contribution in [3.05, 3.63) is 70.2 Å². The molecule has 2 aromatic carbocycles. The van der Waals surface area contributed by atoms with Crippen LogP contribution < -0.4 is 9.47 Å². The van der Waals surface area contributed by atoms with Gasteiger partial charge in [-0.15, -0.1) is 0 Å². The fraction of sp³-hybridized carbons (Fsp3) is 0.375. The third-order valence-electron chi connectivity index (χ3n) is 4.11. The zero-order valence-electron chi connectivity index (χ0n) is 18.1. The van der Waals surface area contributed by atoms with Crippen molar-refractivity contribution in [2.45, 2.75) is 52.7 Å². The molecular weight excluding hydrogens is 421 g/mol. The van der Waals surface area contributed by atoms with Gasteiger partial charge in [-0.3, -0.25) is 0 Å². The summed E-state index contributed by atoms with van der Waals surface area (Å²) >= 11 is 11.1. The van der Waals surface area contributed by atoms with E-state index in [2.05, 4.69) is 17.3 Å². The van der Waals surface area contributed by atoms with E-state index in [4.69, 9.17) is 37.5 Å². The van der Waals surface area contributed by atoms with Crippen LogP contribution in [0, 0.1) is 0 Å². The summed E-state index contributed by atoms with van der Waals surface area (Å²) in [5, 5.41) is 4.16. The Labute approximate surface area is 189 Å². The third kappa shape index (κ3) is 9.10. The van der Waals surface area contributed by atoms with Crippen LogP contribution in [0.4, 0.5) is 0 Å². The Morgan fingerprint density at radius 3 is 2.00 bits per heavy atom. The van der Waals surface area contributed by atoms with Crippen molar-refractivity contribution in [2.24, 2.45) is 5.16 Å². The van der Waals surface area contributed by atoms with Crippen LogP contribution in [0.1, 0.15) is 45.7 Å². The van der Waals surface area contributed by atoms with Crippen LogP contribution in [0.15, 0.2) is 64.3 Å². The highest BCUT2D eigenvalue weighted by Gasteiger charge is 2.13. The number of rotatable bonds is 9. The average molecular weight is 450 g/mol. The van der Waals surface area contributed by atoms with E-state index >= 15 is 0 Å². The lowest BCUT2D eigenvalue weighted by Gasteiger charge is -2.19. The fourth-order valence-corrected chi connectivity index (χ4v) is 2.52. The molecular formula is C24H29Cl2NO3. The Bertz CT molecular complexity index is 850. The van der Waals surface area contributed by atoms with Crippen LogP contribution in [0.3, 0.4) is 0 Å². The lowest BCUT2D eigenvalue weighted by atomic mass is 10.0. The first-order valence-corrected chi connectivity index (χ1v) is 10.6. The lowest BCUT2D eigenvalue weighted by molar-refractivity contribution is -0.000604. The van der Waals surface area contributed by atoms with Gasteiger partial charge in [0.2, 0.25) is 0 Å². The quantitative estimate of drug-likeness (QED) is 0.307. The molecule has 0 heterocycles. The number of benzene rings is 2. The lowest BCUT2D eigenvalue weighted by Crippen LogP contribution is -2.24. The van der Waals surface area contributed by atoms with E-state index < -0.39 is 0 Å². The molecule has 1 unspecified atom stereocenters. The van der Waals surface area contributed by atoms with Crippen LogP contribution in [-0.4, -0.2) is 24.0 Å². The van der Waals surface area contributed by atoms with Gasteiger partial charge >= 0.3 is 0 Å². The molecule has 0 N–H and O–H groups in total. The van der Waals surface area contributed by atoms with E-state index in [-0.39, 0.29) is 16.2 Å². The molecule has 0 saturated heterocycles. The molecule has 30 heavy (non-hydrogen) atoms. The first-order chi connectivity index (χ1) is 14.1. The Hall–Kier alpha value is -2.17. The highest BCUT2D eigenvalue weighted by molar-refractivity contribution is 6.55. The van der Waals surface area contributed by atoms with E-state index in [1.807, 2.05) is 71.0 Å². The topological polar surface area (TPSA) is 40.0 Å². The van der Waals surface area contributed by atoms with Crippen molar-refractivity contribution >= 4 is 28.9 Å². The van der Waals surface area contributed by atoms with E-state index in [0.29, 0.717) is 6.61 Å². The minimum absolute atomic E-state index is 0.172. The predicted octanol–water partition coefficient (Wildman–Crippen LogP) is 6.93. The minimum atomic E-state index is -0.318. The Balaban J connectivity index is 1.89. The van der Waals surface area contributed by atoms with Gasteiger partial charge < -0.3 is 14.3 Å². The Morgan fingerprint density at radius 1 is 0.967 bits per heavy atom. The first kappa shape index (κ1) is 24.1. The van der Waals surface area contributed by atoms with Crippen molar-refractivity contribution < 1.29 is 14.3 Å². The van der Waals surface area contributed by atoms with E-state index in [9.17, 15) is 0 Å². The molecule has 4 nitrogen and oxygen atoms in total. The van der Waals surface area contributed by atoms with Crippen LogP contribution in [0.2, 0.25) is 0 Å². The fourth-order valence-electron chi connectivity index (χ4n) is 2.40. The predicted molar refractivity (Wildman–Crippen MR) is 125 cm³/mol. The maximum atomic E-state index is 5.97. The van der Waals surface area contributed by atoms with Gasteiger partial charge in [-0.1, -0.05) is 52.6 Å². The van der Waals surface area contributed by atoms with Crippen molar-refractivity contribution in [1.82, 2.24) is 0 Å². The summed E-state index contributed by atoms with van der Waals surface area (Å²) in [5.41, 5.74) is 2.86. The average Bonchev–Trinajstić information content (AvgIpc) is 2.68. The molecule has 0 aliphatic carbocycles. The molecule has 0 amide bonds. The summed E-state index contributed by atoms with van der Waals surface area (Å²) < 4.78 is 11.7. The molecule has 0 aromatic heterocycles. The normalized spacial score (nSPS) is 12.8. The zero-order valence-corrected chi connectivity index (χ0v) is 19.6. The minimum Gasteiger partial charge on any atom is -0.489 e. The molecule has 0 bridgehead atoms. The summed E-state index contributed by atoms with van der Waals surface area (Å²) in [7, 11) is 0. The SMILES string of the molecule is CC(=NOC(C)(C)C)C(C)Oc1ccc(Cc2ccc(OCC=C(Cl)Cl)cc2)cc1. The summed E-state index contributed by atoms with van der Waals surface area (Å²) in [5.74, 6) is 1.57. The van der Waals surface area contributed by atoms with Gasteiger partial charge in [-0.25, -0.2) is 0 Å². The van der Waals surface area contributed by atoms with Gasteiger partial charge in [0.25, 0.3) is 0 Å². The van der Waals surface area contributed by atoms with Crippen molar-refractivity contribution in [3.63, 3.8) is 0 Å². The molecule has 0 spiro atoms. The molecule has 0 radical (unpaired) electrons. The van der Waals surface area contributed by atoms with Crippen molar-refractivity contribution in [1.29, 1.82) is 0 Å². The largest absolute Gasteiger partial charge is 0.489 e. The van der Waals surface area contributed by atoms with E-state index in [0.717, 1.165) is 23.6 Å². The second-order valence-electron chi connectivity index (χ2n) is 7.97. The van der Waals surface area contributed by atoms with E-state index in [1.165, 1.54) is 11.1 Å². The van der Waals surface area contributed by atoms with Crippen LogP contribution in [0.5, 0.6) is 11.5 Å². The number of oxime groups is 1. The van der Waals surface area contributed by atoms with Gasteiger partial charge in [0, 0.05) is 0 Å². The maximum Gasteiger partial charge on any atom is 0.137 e. The van der Waals surface area contributed by atoms with Crippen molar-refractivity contribution in [3.8, 4) is 11.5 Å². The molecule has 0 aliphatic heterocycles. The monoisotopic (exact) mass is 449 g/mol. The highest BCUT2D eigenvalue weighted by atomic mass is 35.5. The van der Waals surface area contributed by atoms with Gasteiger partial charge in [0.15, 0.2) is 0 Å². The van der Waals surface area contributed by atoms with Crippen LogP contribution >= 0.6 is 23.2 Å². The van der Waals surface area contributed by atoms with Crippen molar-refractivity contribution in [2.75, 3.05) is 6.61 Å². The summed E-state index contributed by atoms with van der Waals surface area (Å²) in [6, 6.07) is 16.0. The number of nitrogens with zero attached hydrogens (tertiary/aromatic N) is 1. The maximum absolute atomic E-state index is 5.97. The molecule has 2 aromatic rings. The summed E-state index contributed by atoms with van der Waals surface area (Å²) in [4.78, 5) is 5.46. The van der Waals surface area contributed by atoms with Crippen LogP contribution in [0.25, 0.3) is 0 Å². The van der Waals surface area contributed by atoms with Crippen LogP contribution in [-0.2, 0) is 11.3 Å². The van der Waals surface area contributed by atoms with E-state index in [1.54, 1.807) is 6.08 Å². The number of ether oxygens (including phenoxy) is 2. The van der Waals surface area contributed by atoms with Gasteiger partial charge in [0.1, 0.15) is 34.3 Å². The molecule has 6 heteroatoms. The second kappa shape index (κ2) is 11.3. The smallest absolute Gasteiger partial charge is 0.137 e. The Morgan fingerprint density at radius 2 is 1.50 bits per heavy atom. The molecule has 0 aliphatic rings. The molecule has 0 fully saturated rings. The number of hydrogen-bond acceptors (Lipinski definition) is 4. The van der Waals surface area contributed by atoms with Gasteiger partial charge in [-0.05, 0) is 82.5 Å². The molecule has 162 valence electrons. The van der Waals surface area contributed by atoms with Gasteiger partial charge in [-0.2, -0.15) is 0 Å². The standard InChI is InChI=1S/C24H29Cl2NO3/c1-17(27-30-24(3,4)5)18(2)29-22-12-8-20(9-13-22)16-19-6-10-21(11-7-19)28-15-14-23(25)26/h6-14,18H,15-16H2,1-5H3. The van der Waals surface area contributed by atoms with Gasteiger partial charge in [0.05, 0.1) is 5.71 Å².